The number of ether oxygens (including phenoxy) is 1. The molecule has 5 heteroatoms. The third kappa shape index (κ3) is 2.80. The highest BCUT2D eigenvalue weighted by molar-refractivity contribution is 5.94. The highest BCUT2D eigenvalue weighted by Gasteiger charge is 2.15. The van der Waals surface area contributed by atoms with E-state index in [-0.39, 0.29) is 24.3 Å². The SMILES string of the molecule is CC(COc1ccc2c(c1)NC(=O)CC2)C(N)=O. The molecule has 96 valence electrons. The van der Waals surface area contributed by atoms with E-state index in [1.165, 1.54) is 0 Å². The minimum atomic E-state index is -0.388. The Morgan fingerprint density at radius 3 is 3.00 bits per heavy atom. The van der Waals surface area contributed by atoms with Gasteiger partial charge in [-0.3, -0.25) is 9.59 Å². The van der Waals surface area contributed by atoms with Crippen molar-refractivity contribution in [2.45, 2.75) is 19.8 Å². The summed E-state index contributed by atoms with van der Waals surface area (Å²) < 4.78 is 5.48. The van der Waals surface area contributed by atoms with Crippen molar-refractivity contribution >= 4 is 17.5 Å². The molecule has 18 heavy (non-hydrogen) atoms. The van der Waals surface area contributed by atoms with Gasteiger partial charge in [-0.2, -0.15) is 0 Å². The van der Waals surface area contributed by atoms with Crippen molar-refractivity contribution in [3.63, 3.8) is 0 Å². The molecule has 0 aliphatic carbocycles. The van der Waals surface area contributed by atoms with Crippen LogP contribution >= 0.6 is 0 Å². The molecule has 1 aromatic rings. The van der Waals surface area contributed by atoms with Gasteiger partial charge in [-0.15, -0.1) is 0 Å². The molecular weight excluding hydrogens is 232 g/mol. The fraction of sp³-hybridized carbons (Fsp3) is 0.385. The normalized spacial score (nSPS) is 15.5. The number of primary amides is 1. The first-order chi connectivity index (χ1) is 8.56. The zero-order valence-corrected chi connectivity index (χ0v) is 10.2. The maximum Gasteiger partial charge on any atom is 0.224 e. The third-order valence-electron chi connectivity index (χ3n) is 2.96. The molecule has 0 saturated carbocycles. The zero-order chi connectivity index (χ0) is 13.1. The molecule has 0 bridgehead atoms. The van der Waals surface area contributed by atoms with Crippen molar-refractivity contribution in [1.82, 2.24) is 0 Å². The highest BCUT2D eigenvalue weighted by Crippen LogP contribution is 2.27. The second-order valence-corrected chi connectivity index (χ2v) is 4.48. The number of carbonyl (C=O) groups is 2. The standard InChI is InChI=1S/C13H16N2O3/c1-8(13(14)17)7-18-10-4-2-9-3-5-12(16)15-11(9)6-10/h2,4,6,8H,3,5,7H2,1H3,(H2,14,17)(H,15,16). The summed E-state index contributed by atoms with van der Waals surface area (Å²) in [5.41, 5.74) is 7.04. The number of aryl methyl sites for hydroxylation is 1. The lowest BCUT2D eigenvalue weighted by atomic mass is 10.0. The summed E-state index contributed by atoms with van der Waals surface area (Å²) >= 11 is 0. The number of hydrogen-bond acceptors (Lipinski definition) is 3. The Morgan fingerprint density at radius 2 is 2.28 bits per heavy atom. The van der Waals surface area contributed by atoms with E-state index >= 15 is 0 Å². The van der Waals surface area contributed by atoms with Gasteiger partial charge in [0.05, 0.1) is 12.5 Å². The van der Waals surface area contributed by atoms with E-state index in [4.69, 9.17) is 10.5 Å². The molecule has 3 N–H and O–H groups in total. The molecule has 1 aromatic carbocycles. The molecule has 1 aliphatic heterocycles. The minimum Gasteiger partial charge on any atom is -0.493 e. The minimum absolute atomic E-state index is 0.0187. The van der Waals surface area contributed by atoms with E-state index < -0.39 is 0 Å². The van der Waals surface area contributed by atoms with Gasteiger partial charge in [0.15, 0.2) is 0 Å². The molecule has 0 saturated heterocycles. The van der Waals surface area contributed by atoms with Gasteiger partial charge in [0.1, 0.15) is 5.75 Å². The summed E-state index contributed by atoms with van der Waals surface area (Å²) in [7, 11) is 0. The van der Waals surface area contributed by atoms with Crippen molar-refractivity contribution in [3.8, 4) is 5.75 Å². The van der Waals surface area contributed by atoms with Crippen molar-refractivity contribution in [2.75, 3.05) is 11.9 Å². The monoisotopic (exact) mass is 248 g/mol. The smallest absolute Gasteiger partial charge is 0.224 e. The second-order valence-electron chi connectivity index (χ2n) is 4.48. The van der Waals surface area contributed by atoms with Crippen LogP contribution in [0.1, 0.15) is 18.9 Å². The van der Waals surface area contributed by atoms with Gasteiger partial charge in [-0.25, -0.2) is 0 Å². The first-order valence-electron chi connectivity index (χ1n) is 5.91. The summed E-state index contributed by atoms with van der Waals surface area (Å²) in [5, 5.41) is 2.80. The van der Waals surface area contributed by atoms with Crippen LogP contribution in [-0.4, -0.2) is 18.4 Å². The van der Waals surface area contributed by atoms with Gasteiger partial charge in [0.25, 0.3) is 0 Å². The molecule has 1 atom stereocenters. The van der Waals surface area contributed by atoms with Crippen molar-refractivity contribution in [1.29, 1.82) is 0 Å². The number of nitrogens with one attached hydrogen (secondary N) is 1. The average molecular weight is 248 g/mol. The third-order valence-corrected chi connectivity index (χ3v) is 2.96. The Balaban J connectivity index is 2.04. The molecule has 2 amide bonds. The number of anilines is 1. The van der Waals surface area contributed by atoms with Gasteiger partial charge in [-0.05, 0) is 18.1 Å². The van der Waals surface area contributed by atoms with E-state index in [1.807, 2.05) is 12.1 Å². The van der Waals surface area contributed by atoms with Gasteiger partial charge in [-0.1, -0.05) is 13.0 Å². The van der Waals surface area contributed by atoms with Crippen molar-refractivity contribution in [2.24, 2.45) is 11.7 Å². The zero-order valence-electron chi connectivity index (χ0n) is 10.2. The Kier molecular flexibility index (Phi) is 3.50. The topological polar surface area (TPSA) is 81.4 Å². The van der Waals surface area contributed by atoms with E-state index in [0.717, 1.165) is 17.7 Å². The van der Waals surface area contributed by atoms with Gasteiger partial charge in [0, 0.05) is 18.2 Å². The number of rotatable bonds is 4. The molecule has 1 heterocycles. The van der Waals surface area contributed by atoms with E-state index in [9.17, 15) is 9.59 Å². The number of fused-ring (bicyclic) bond motifs is 1. The molecule has 0 radical (unpaired) electrons. The van der Waals surface area contributed by atoms with Crippen molar-refractivity contribution in [3.05, 3.63) is 23.8 Å². The van der Waals surface area contributed by atoms with Gasteiger partial charge < -0.3 is 15.8 Å². The Labute approximate surface area is 105 Å². The number of benzene rings is 1. The predicted octanol–water partition coefficient (Wildman–Crippen LogP) is 1.07. The quantitative estimate of drug-likeness (QED) is 0.836. The maximum atomic E-state index is 11.3. The first kappa shape index (κ1) is 12.4. The molecule has 5 nitrogen and oxygen atoms in total. The molecule has 0 spiro atoms. The molecule has 1 aliphatic rings. The van der Waals surface area contributed by atoms with Crippen LogP contribution in [0.5, 0.6) is 5.75 Å². The average Bonchev–Trinajstić information content (AvgIpc) is 2.35. The molecule has 1 unspecified atom stereocenters. The summed E-state index contributed by atoms with van der Waals surface area (Å²) in [6.45, 7) is 1.95. The summed E-state index contributed by atoms with van der Waals surface area (Å²) in [6, 6.07) is 5.54. The van der Waals surface area contributed by atoms with Crippen LogP contribution < -0.4 is 15.8 Å². The lowest BCUT2D eigenvalue weighted by Crippen LogP contribution is -2.25. The predicted molar refractivity (Wildman–Crippen MR) is 67.2 cm³/mol. The van der Waals surface area contributed by atoms with Crippen LogP contribution in [0.15, 0.2) is 18.2 Å². The lowest BCUT2D eigenvalue weighted by Gasteiger charge is -2.18. The fourth-order valence-electron chi connectivity index (χ4n) is 1.74. The second kappa shape index (κ2) is 5.08. The van der Waals surface area contributed by atoms with Crippen LogP contribution in [0.25, 0.3) is 0 Å². The van der Waals surface area contributed by atoms with Gasteiger partial charge >= 0.3 is 0 Å². The summed E-state index contributed by atoms with van der Waals surface area (Å²) in [4.78, 5) is 22.2. The highest BCUT2D eigenvalue weighted by atomic mass is 16.5. The Hall–Kier alpha value is -2.04. The summed E-state index contributed by atoms with van der Waals surface area (Å²) in [5.74, 6) is -0.0777. The van der Waals surface area contributed by atoms with Crippen molar-refractivity contribution < 1.29 is 14.3 Å². The van der Waals surface area contributed by atoms with Crippen LogP contribution in [0.2, 0.25) is 0 Å². The van der Waals surface area contributed by atoms with E-state index in [0.29, 0.717) is 12.2 Å². The number of carbonyl (C=O) groups excluding carboxylic acids is 2. The number of amides is 2. The summed E-state index contributed by atoms with van der Waals surface area (Å²) in [6.07, 6.45) is 1.27. The lowest BCUT2D eigenvalue weighted by molar-refractivity contribution is -0.122. The Bertz CT molecular complexity index is 485. The number of nitrogens with two attached hydrogens (primary N) is 1. The number of hydrogen-bond donors (Lipinski definition) is 2. The van der Waals surface area contributed by atoms with Crippen LogP contribution in [0, 0.1) is 5.92 Å². The van der Waals surface area contributed by atoms with E-state index in [2.05, 4.69) is 5.32 Å². The first-order valence-corrected chi connectivity index (χ1v) is 5.91. The van der Waals surface area contributed by atoms with Crippen LogP contribution in [0.3, 0.4) is 0 Å². The molecular formula is C13H16N2O3. The van der Waals surface area contributed by atoms with E-state index in [1.54, 1.807) is 13.0 Å². The fourth-order valence-corrected chi connectivity index (χ4v) is 1.74. The van der Waals surface area contributed by atoms with Crippen LogP contribution in [0.4, 0.5) is 5.69 Å². The largest absolute Gasteiger partial charge is 0.493 e. The van der Waals surface area contributed by atoms with Gasteiger partial charge in [0.2, 0.25) is 11.8 Å². The molecule has 0 fully saturated rings. The molecule has 2 rings (SSSR count). The Morgan fingerprint density at radius 1 is 1.50 bits per heavy atom. The van der Waals surface area contributed by atoms with Crippen LogP contribution in [-0.2, 0) is 16.0 Å². The molecule has 0 aromatic heterocycles. The maximum absolute atomic E-state index is 11.3.